The fraction of sp³-hybridized carbons (Fsp3) is 0.952. The average molecular weight is 2140 g/mol. The molecule has 0 aliphatic carbocycles. The molecule has 0 unspecified atom stereocenters. The van der Waals surface area contributed by atoms with Crippen molar-refractivity contribution in [3.8, 4) is 0 Å². The number of ether oxygens (including phenoxy) is 1. The maximum Gasteiger partial charge on any atom is 0.387 e. The maximum absolute atomic E-state index is 9.16. The first-order chi connectivity index (χ1) is 50.9. The predicted molar refractivity (Wildman–Crippen MR) is 542 cm³/mol. The third kappa shape index (κ3) is 56.7. The van der Waals surface area contributed by atoms with E-state index < -0.39 is 231 Å². The lowest BCUT2D eigenvalue weighted by molar-refractivity contribution is 0.0840. The molecule has 0 spiro atoms. The molecule has 0 aliphatic heterocycles. The lowest BCUT2D eigenvalue weighted by atomic mass is 10.3. The highest BCUT2D eigenvalue weighted by Gasteiger charge is 2.57. The van der Waals surface area contributed by atoms with Gasteiger partial charge < -0.3 is 121 Å². The Morgan fingerprint density at radius 1 is 0.178 bits per heavy atom. The normalized spacial score (nSPS) is 15.8. The minimum atomic E-state index is -2.94. The summed E-state index contributed by atoms with van der Waals surface area (Å²) in [6.45, 7) is 117. The van der Waals surface area contributed by atoms with Crippen LogP contribution in [0, 0.1) is 0 Å². The van der Waals surface area contributed by atoms with E-state index in [9.17, 15) is 0 Å². The van der Waals surface area contributed by atoms with Crippen LogP contribution in [0.15, 0.2) is 18.3 Å². The minimum absolute atomic E-state index is 0.0943. The molecule has 0 aromatic rings. The number of aliphatic hydroxyl groups is 1. The van der Waals surface area contributed by atoms with Crippen molar-refractivity contribution in [1.82, 2.24) is 0 Å². The fourth-order valence-electron chi connectivity index (χ4n) is 16.8. The highest BCUT2D eigenvalue weighted by Crippen LogP contribution is 2.38. The van der Waals surface area contributed by atoms with Crippen molar-refractivity contribution in [3.05, 3.63) is 18.3 Å². The topological polar surface area (TPSA) is 279 Å². The van der Waals surface area contributed by atoms with Crippen LogP contribution < -0.4 is 0 Å². The van der Waals surface area contributed by atoms with Crippen molar-refractivity contribution in [1.29, 1.82) is 0 Å². The number of hydrogen-bond acceptors (Lipinski definition) is 29. The van der Waals surface area contributed by atoms with E-state index in [1.807, 2.05) is 196 Å². The first-order valence-electron chi connectivity index (χ1n) is 41.4. The van der Waals surface area contributed by atoms with Gasteiger partial charge in [0.1, 0.15) is 0 Å². The molecule has 0 aliphatic rings. The fourth-order valence-corrected chi connectivity index (χ4v) is 155. The Kier molecular flexibility index (Phi) is 44.0. The Morgan fingerprint density at radius 2 is 0.288 bits per heavy atom. The van der Waals surface area contributed by atoms with Crippen molar-refractivity contribution >= 4 is 231 Å². The summed E-state index contributed by atoms with van der Waals surface area (Å²) in [6, 6.07) is 0. The molecule has 0 fully saturated rings. The van der Waals surface area contributed by atoms with Crippen LogP contribution in [0.2, 0.25) is 360 Å². The summed E-state index contributed by atoms with van der Waals surface area (Å²) in [4.78, 5) is 0. The third-order valence-corrected chi connectivity index (χ3v) is 118. The van der Waals surface area contributed by atoms with Gasteiger partial charge in [-0.1, -0.05) is 0 Å². The Balaban J connectivity index is 5.94. The van der Waals surface area contributed by atoms with E-state index in [0.717, 1.165) is 0 Å². The Morgan fingerprint density at radius 3 is 0.390 bits per heavy atom. The van der Waals surface area contributed by atoms with E-state index in [2.05, 4.69) is 176 Å². The first kappa shape index (κ1) is 122. The molecule has 0 heterocycles. The SMILES string of the molecule is C=C=C(OCCCCO)O[Si](C)(C)O[Si](C)(C)O[Si](C)(C)O[Si](C)(C)O[Si](C)(C)O[Si](C)(C)O[Si](C)(C)O[Si](C)(C)O[Si](C)(C)O[Si](C)(C)O[Si](C)(C)O[Si](C)(C)O[Si](C)(C)O[Si](C)(C)O[Si](C)(C)O[Si](C)(C)O[Si](C)(C)O[Si](C)(C)O[Si](C)(C)O[Si](C)(C)O[Si](C)(C)O[Si](C)(C)O[Si](C)(C)O[Si](C)(C)O[Si](C)(C)O[Si](C)(C)O[Si](C)(C)C. The lowest BCUT2D eigenvalue weighted by Crippen LogP contribution is -2.63. The molecule has 706 valence electrons. The smallest absolute Gasteiger partial charge is 0.387 e. The second kappa shape index (κ2) is 42.6. The summed E-state index contributed by atoms with van der Waals surface area (Å²) in [5, 5.41) is 9.16. The van der Waals surface area contributed by atoms with E-state index in [0.29, 0.717) is 19.4 Å². The predicted octanol–water partition coefficient (Wildman–Crippen LogP) is 20.9. The molecule has 0 saturated heterocycles. The van der Waals surface area contributed by atoms with Gasteiger partial charge >= 0.3 is 229 Å². The van der Waals surface area contributed by atoms with Gasteiger partial charge in [-0.2, -0.15) is 0 Å². The van der Waals surface area contributed by atoms with Crippen LogP contribution in [0.4, 0.5) is 0 Å². The van der Waals surface area contributed by atoms with Crippen LogP contribution in [-0.2, 0) is 116 Å². The molecule has 0 bridgehead atoms. The number of rotatable bonds is 59. The van der Waals surface area contributed by atoms with Gasteiger partial charge in [0.2, 0.25) is 0 Å². The molecule has 0 saturated carbocycles. The van der Waals surface area contributed by atoms with Crippen molar-refractivity contribution in [2.24, 2.45) is 0 Å². The molecule has 0 aromatic carbocycles. The van der Waals surface area contributed by atoms with Crippen LogP contribution in [0.5, 0.6) is 0 Å². The standard InChI is InChI=1S/C62H176O29Si27/c1-57-62(64-61-59-58-60-63)65-93(5,6)67-95(9,10)69-97(13,14)71-99(17,18)73-101(21,22)75-103(25,26)77-105(29,30)79-107(33,34)81-109(37,38)83-111(41,42)85-113(45,46)87-115(49,50)89-117(53,54)91-118(55,56)90-116(51,52)88-114(47,48)86-112(43,44)84-110(39,40)82-108(35,36)80-106(31,32)78-104(27,28)76-102(23,24)74-100(19,20)72-98(15,16)70-96(11,12)68-94(7,8)66-92(2,3)4/h63H,1,58-61H2,2-56H3. The van der Waals surface area contributed by atoms with Gasteiger partial charge in [0.15, 0.2) is 8.32 Å². The molecular weight excluding hydrogens is 1970 g/mol. The quantitative estimate of drug-likeness (QED) is 0.0256. The van der Waals surface area contributed by atoms with E-state index >= 15 is 0 Å². The summed E-state index contributed by atoms with van der Waals surface area (Å²) in [7, 11) is -76.2. The molecule has 0 atom stereocenters. The highest BCUT2D eigenvalue weighted by atomic mass is 28.6. The first-order valence-corrected chi connectivity index (χ1v) is 118. The zero-order valence-electron chi connectivity index (χ0n) is 84.9. The minimum Gasteiger partial charge on any atom is -0.489 e. The van der Waals surface area contributed by atoms with Gasteiger partial charge in [0.25, 0.3) is 0 Å². The van der Waals surface area contributed by atoms with Crippen molar-refractivity contribution < 1.29 is 121 Å². The second-order valence-electron chi connectivity index (χ2n) is 43.0. The largest absolute Gasteiger partial charge is 0.489 e. The van der Waals surface area contributed by atoms with Gasteiger partial charge in [0.05, 0.1) is 6.61 Å². The number of aliphatic hydroxyl groups excluding tert-OH is 1. The summed E-state index contributed by atoms with van der Waals surface area (Å²) in [6.07, 6.45) is 1.30. The molecule has 56 heteroatoms. The van der Waals surface area contributed by atoms with E-state index in [1.165, 1.54) is 0 Å². The molecule has 0 amide bonds. The van der Waals surface area contributed by atoms with E-state index in [-0.39, 0.29) is 12.6 Å². The van der Waals surface area contributed by atoms with Crippen LogP contribution in [0.3, 0.4) is 0 Å². The van der Waals surface area contributed by atoms with Gasteiger partial charge in [-0.25, -0.2) is 0 Å². The zero-order chi connectivity index (χ0) is 94.4. The second-order valence-corrected chi connectivity index (χ2v) is 141. The molecule has 0 rings (SSSR count). The van der Waals surface area contributed by atoms with E-state index in [1.54, 1.807) is 0 Å². The monoisotopic (exact) mass is 2140 g/mol. The van der Waals surface area contributed by atoms with E-state index in [4.69, 9.17) is 121 Å². The van der Waals surface area contributed by atoms with Gasteiger partial charge in [0, 0.05) is 6.61 Å². The Bertz CT molecular complexity index is 3170. The molecule has 0 radical (unpaired) electrons. The van der Waals surface area contributed by atoms with Crippen molar-refractivity contribution in [2.45, 2.75) is 373 Å². The van der Waals surface area contributed by atoms with Crippen LogP contribution in [-0.4, -0.2) is 249 Å². The number of hydrogen-bond donors (Lipinski definition) is 1. The van der Waals surface area contributed by atoms with Crippen molar-refractivity contribution in [2.75, 3.05) is 13.2 Å². The number of unbranched alkanes of at least 4 members (excludes halogenated alkanes) is 1. The average Bonchev–Trinajstić information content (AvgIpc) is 0.802. The Labute approximate surface area is 749 Å². The Hall–Kier alpha value is 3.90. The molecular formula is C62H176O29Si27. The van der Waals surface area contributed by atoms with Crippen LogP contribution >= 0.6 is 0 Å². The summed E-state index contributed by atoms with van der Waals surface area (Å²) in [5.74, 6) is 0.183. The molecule has 0 aromatic heterocycles. The summed E-state index contributed by atoms with van der Waals surface area (Å²) < 4.78 is 192. The van der Waals surface area contributed by atoms with Gasteiger partial charge in [-0.15, -0.1) is 0 Å². The maximum atomic E-state index is 9.16. The summed E-state index contributed by atoms with van der Waals surface area (Å²) >= 11 is 0. The third-order valence-electron chi connectivity index (χ3n) is 14.1. The van der Waals surface area contributed by atoms with Crippen molar-refractivity contribution in [3.63, 3.8) is 0 Å². The lowest BCUT2D eigenvalue weighted by Gasteiger charge is -2.45. The highest BCUT2D eigenvalue weighted by molar-refractivity contribution is 6.98. The van der Waals surface area contributed by atoms with Crippen LogP contribution in [0.1, 0.15) is 12.8 Å². The van der Waals surface area contributed by atoms with Gasteiger partial charge in [-0.3, -0.25) is 0 Å². The summed E-state index contributed by atoms with van der Waals surface area (Å²) in [5.41, 5.74) is 2.73. The zero-order valence-corrected chi connectivity index (χ0v) is 112. The van der Waals surface area contributed by atoms with Crippen LogP contribution in [0.25, 0.3) is 0 Å². The molecule has 29 nitrogen and oxygen atoms in total. The molecule has 1 N–H and O–H groups in total. The molecule has 118 heavy (non-hydrogen) atoms. The van der Waals surface area contributed by atoms with Gasteiger partial charge in [-0.05, 0) is 385 Å².